The van der Waals surface area contributed by atoms with Crippen molar-refractivity contribution in [3.8, 4) is 0 Å². The van der Waals surface area contributed by atoms with E-state index in [4.69, 9.17) is 4.74 Å². The molecule has 0 saturated heterocycles. The van der Waals surface area contributed by atoms with Crippen LogP contribution < -0.4 is 0 Å². The van der Waals surface area contributed by atoms with Crippen LogP contribution in [0.2, 0.25) is 0 Å². The van der Waals surface area contributed by atoms with E-state index in [1.54, 1.807) is 63.2 Å². The summed E-state index contributed by atoms with van der Waals surface area (Å²) in [6.07, 6.45) is 2.16. The lowest BCUT2D eigenvalue weighted by Gasteiger charge is -2.32. The number of hydrogen-bond donors (Lipinski definition) is 0. The zero-order valence-corrected chi connectivity index (χ0v) is 17.2. The van der Waals surface area contributed by atoms with E-state index >= 15 is 0 Å². The van der Waals surface area contributed by atoms with E-state index in [0.717, 1.165) is 4.90 Å². The van der Waals surface area contributed by atoms with Crippen LogP contribution in [0.15, 0.2) is 66.7 Å². The van der Waals surface area contributed by atoms with E-state index < -0.39 is 35.4 Å². The number of nitrogens with zero attached hydrogens (tertiary/aromatic N) is 1. The SMILES string of the molecule is CC(C)(C)OC(=O)N1C(=O)C=C[C@@H]1[C@@H](CC(=O)c1ccccc1)c1ccc(F)cc1. The molecule has 5 nitrogen and oxygen atoms in total. The zero-order valence-electron chi connectivity index (χ0n) is 17.2. The molecule has 3 rings (SSSR count). The summed E-state index contributed by atoms with van der Waals surface area (Å²) in [6.45, 7) is 5.14. The highest BCUT2D eigenvalue weighted by Crippen LogP contribution is 2.33. The number of carbonyl (C=O) groups is 3. The smallest absolute Gasteiger partial charge is 0.417 e. The first-order valence-corrected chi connectivity index (χ1v) is 9.74. The van der Waals surface area contributed by atoms with Gasteiger partial charge in [-0.2, -0.15) is 0 Å². The van der Waals surface area contributed by atoms with Gasteiger partial charge in [0.25, 0.3) is 5.91 Å². The largest absolute Gasteiger partial charge is 0.443 e. The van der Waals surface area contributed by atoms with Crippen LogP contribution in [0, 0.1) is 5.82 Å². The second kappa shape index (κ2) is 8.61. The number of halogens is 1. The second-order valence-corrected chi connectivity index (χ2v) is 8.19. The summed E-state index contributed by atoms with van der Waals surface area (Å²) in [5.41, 5.74) is 0.399. The number of amides is 2. The molecule has 2 aromatic rings. The molecule has 0 radical (unpaired) electrons. The molecule has 2 atom stereocenters. The van der Waals surface area contributed by atoms with Crippen LogP contribution >= 0.6 is 0 Å². The lowest BCUT2D eigenvalue weighted by molar-refractivity contribution is -0.125. The highest BCUT2D eigenvalue weighted by molar-refractivity contribution is 6.02. The number of hydrogen-bond acceptors (Lipinski definition) is 4. The first-order chi connectivity index (χ1) is 14.2. The molecule has 6 heteroatoms. The number of Topliss-reactive ketones (excluding diaryl/α,β-unsaturated/α-hetero) is 1. The van der Waals surface area contributed by atoms with Crippen molar-refractivity contribution in [2.24, 2.45) is 0 Å². The quantitative estimate of drug-likeness (QED) is 0.660. The summed E-state index contributed by atoms with van der Waals surface area (Å²) in [5, 5.41) is 0. The van der Waals surface area contributed by atoms with Gasteiger partial charge in [-0.15, -0.1) is 0 Å². The number of carbonyl (C=O) groups excluding carboxylic acids is 3. The van der Waals surface area contributed by atoms with Gasteiger partial charge in [0.05, 0.1) is 6.04 Å². The summed E-state index contributed by atoms with van der Waals surface area (Å²) in [7, 11) is 0. The van der Waals surface area contributed by atoms with Crippen LogP contribution in [-0.4, -0.2) is 34.3 Å². The van der Waals surface area contributed by atoms with Crippen molar-refractivity contribution >= 4 is 17.8 Å². The Labute approximate surface area is 175 Å². The lowest BCUT2D eigenvalue weighted by atomic mass is 9.85. The van der Waals surface area contributed by atoms with Gasteiger partial charge in [-0.05, 0) is 38.5 Å². The Hall–Kier alpha value is -3.28. The fraction of sp³-hybridized carbons (Fsp3) is 0.292. The molecular weight excluding hydrogens is 385 g/mol. The minimum Gasteiger partial charge on any atom is -0.443 e. The minimum atomic E-state index is -0.782. The maximum absolute atomic E-state index is 13.5. The summed E-state index contributed by atoms with van der Waals surface area (Å²) in [5.74, 6) is -1.60. The molecule has 156 valence electrons. The molecule has 0 saturated carbocycles. The Bertz CT molecular complexity index is 961. The standard InChI is InChI=1S/C24H24FNO4/c1-24(2,3)30-23(29)26-20(13-14-22(26)28)19(16-9-11-18(25)12-10-16)15-21(27)17-7-5-4-6-8-17/h4-14,19-20H,15H2,1-3H3/t19-,20+/m0/s1. The molecule has 1 aliphatic heterocycles. The third kappa shape index (κ3) is 5.00. The normalized spacial score (nSPS) is 17.1. The first-order valence-electron chi connectivity index (χ1n) is 9.74. The molecule has 0 unspecified atom stereocenters. The second-order valence-electron chi connectivity index (χ2n) is 8.19. The van der Waals surface area contributed by atoms with E-state index in [1.807, 2.05) is 6.07 Å². The van der Waals surface area contributed by atoms with Crippen LogP contribution in [0.3, 0.4) is 0 Å². The third-order valence-electron chi connectivity index (χ3n) is 4.77. The summed E-state index contributed by atoms with van der Waals surface area (Å²) in [4.78, 5) is 39.1. The van der Waals surface area contributed by atoms with Crippen LogP contribution in [0.5, 0.6) is 0 Å². The van der Waals surface area contributed by atoms with Crippen molar-refractivity contribution < 1.29 is 23.5 Å². The third-order valence-corrected chi connectivity index (χ3v) is 4.77. The summed E-state index contributed by atoms with van der Waals surface area (Å²) in [6, 6.07) is 13.8. The van der Waals surface area contributed by atoms with Gasteiger partial charge in [-0.3, -0.25) is 9.59 Å². The molecule has 0 aromatic heterocycles. The molecule has 30 heavy (non-hydrogen) atoms. The molecule has 0 spiro atoms. The van der Waals surface area contributed by atoms with Crippen molar-refractivity contribution in [1.82, 2.24) is 4.90 Å². The van der Waals surface area contributed by atoms with Crippen LogP contribution in [0.25, 0.3) is 0 Å². The Morgan fingerprint density at radius 1 is 1.07 bits per heavy atom. The molecule has 2 amide bonds. The topological polar surface area (TPSA) is 63.7 Å². The van der Waals surface area contributed by atoms with Gasteiger partial charge in [0.15, 0.2) is 5.78 Å². The average Bonchev–Trinajstić information content (AvgIpc) is 3.07. The monoisotopic (exact) mass is 409 g/mol. The average molecular weight is 409 g/mol. The Balaban J connectivity index is 1.95. The van der Waals surface area contributed by atoms with Gasteiger partial charge in [0.2, 0.25) is 0 Å². The zero-order chi connectivity index (χ0) is 21.9. The van der Waals surface area contributed by atoms with Gasteiger partial charge in [0.1, 0.15) is 11.4 Å². The van der Waals surface area contributed by atoms with Crippen molar-refractivity contribution in [2.45, 2.75) is 44.8 Å². The fourth-order valence-electron chi connectivity index (χ4n) is 3.42. The number of ketones is 1. The molecular formula is C24H24FNO4. The minimum absolute atomic E-state index is 0.0389. The van der Waals surface area contributed by atoms with E-state index in [9.17, 15) is 18.8 Å². The molecule has 0 N–H and O–H groups in total. The number of imide groups is 1. The predicted molar refractivity (Wildman–Crippen MR) is 111 cm³/mol. The number of ether oxygens (including phenoxy) is 1. The van der Waals surface area contributed by atoms with Gasteiger partial charge in [-0.1, -0.05) is 48.5 Å². The molecule has 0 bridgehead atoms. The van der Waals surface area contributed by atoms with E-state index in [2.05, 4.69) is 0 Å². The molecule has 1 aliphatic rings. The maximum Gasteiger partial charge on any atom is 0.417 e. The van der Waals surface area contributed by atoms with Crippen molar-refractivity contribution in [1.29, 1.82) is 0 Å². The van der Waals surface area contributed by atoms with Crippen LogP contribution in [0.1, 0.15) is 49.0 Å². The van der Waals surface area contributed by atoms with Gasteiger partial charge in [-0.25, -0.2) is 14.1 Å². The summed E-state index contributed by atoms with van der Waals surface area (Å²) < 4.78 is 18.9. The maximum atomic E-state index is 13.5. The van der Waals surface area contributed by atoms with E-state index in [1.165, 1.54) is 18.2 Å². The Kier molecular flexibility index (Phi) is 6.15. The van der Waals surface area contributed by atoms with E-state index in [-0.39, 0.29) is 12.2 Å². The predicted octanol–water partition coefficient (Wildman–Crippen LogP) is 4.88. The van der Waals surface area contributed by atoms with Crippen molar-refractivity contribution in [3.63, 3.8) is 0 Å². The van der Waals surface area contributed by atoms with Crippen molar-refractivity contribution in [3.05, 3.63) is 83.7 Å². The van der Waals surface area contributed by atoms with Gasteiger partial charge >= 0.3 is 6.09 Å². The summed E-state index contributed by atoms with van der Waals surface area (Å²) >= 11 is 0. The Morgan fingerprint density at radius 3 is 2.30 bits per heavy atom. The number of rotatable bonds is 5. The number of benzene rings is 2. The van der Waals surface area contributed by atoms with Gasteiger partial charge < -0.3 is 4.74 Å². The lowest BCUT2D eigenvalue weighted by Crippen LogP contribution is -2.45. The first kappa shape index (κ1) is 21.4. The molecule has 1 heterocycles. The van der Waals surface area contributed by atoms with E-state index in [0.29, 0.717) is 11.1 Å². The van der Waals surface area contributed by atoms with Crippen molar-refractivity contribution in [2.75, 3.05) is 0 Å². The Morgan fingerprint density at radius 2 is 1.70 bits per heavy atom. The van der Waals surface area contributed by atoms with Crippen LogP contribution in [0.4, 0.5) is 9.18 Å². The highest BCUT2D eigenvalue weighted by atomic mass is 19.1. The van der Waals surface area contributed by atoms with Crippen LogP contribution in [-0.2, 0) is 9.53 Å². The highest BCUT2D eigenvalue weighted by Gasteiger charge is 2.40. The van der Waals surface area contributed by atoms with Gasteiger partial charge in [0, 0.05) is 24.0 Å². The fourth-order valence-corrected chi connectivity index (χ4v) is 3.42. The molecule has 0 fully saturated rings. The molecule has 2 aromatic carbocycles. The molecule has 0 aliphatic carbocycles.